The smallest absolute Gasteiger partial charge is 0.0347 e. The van der Waals surface area contributed by atoms with Crippen molar-refractivity contribution < 1.29 is 0 Å². The molecule has 1 unspecified atom stereocenters. The highest BCUT2D eigenvalue weighted by Crippen LogP contribution is 2.38. The molecule has 0 heterocycles. The Balaban J connectivity index is 2.05. The summed E-state index contributed by atoms with van der Waals surface area (Å²) < 4.78 is 0. The van der Waals surface area contributed by atoms with Gasteiger partial charge in [-0.15, -0.1) is 0 Å². The lowest BCUT2D eigenvalue weighted by Gasteiger charge is -2.19. The highest BCUT2D eigenvalue weighted by Gasteiger charge is 2.30. The second kappa shape index (κ2) is 4.12. The van der Waals surface area contributed by atoms with Gasteiger partial charge in [0.05, 0.1) is 0 Å². The maximum atomic E-state index is 3.68. The number of hydrogen-bond acceptors (Lipinski definition) is 1. The Hall–Kier alpha value is -0.980. The summed E-state index contributed by atoms with van der Waals surface area (Å²) in [4.78, 5) is 0. The van der Waals surface area contributed by atoms with Crippen LogP contribution in [0.4, 0.5) is 5.69 Å². The Morgan fingerprint density at radius 3 is 2.25 bits per heavy atom. The van der Waals surface area contributed by atoms with Crippen LogP contribution in [0.15, 0.2) is 18.2 Å². The van der Waals surface area contributed by atoms with E-state index in [2.05, 4.69) is 51.2 Å². The third-order valence-electron chi connectivity index (χ3n) is 3.56. The number of aryl methyl sites for hydroxylation is 2. The van der Waals surface area contributed by atoms with Gasteiger partial charge in [0.1, 0.15) is 0 Å². The van der Waals surface area contributed by atoms with Crippen molar-refractivity contribution in [2.45, 2.75) is 53.0 Å². The lowest BCUT2D eigenvalue weighted by molar-refractivity contribution is 0.378. The van der Waals surface area contributed by atoms with Crippen LogP contribution in [-0.4, -0.2) is 6.04 Å². The molecule has 1 saturated carbocycles. The van der Waals surface area contributed by atoms with Crippen LogP contribution in [0.3, 0.4) is 0 Å². The molecular formula is C15H23N. The lowest BCUT2D eigenvalue weighted by atomic mass is 9.92. The third-order valence-corrected chi connectivity index (χ3v) is 3.56. The fraction of sp³-hybridized carbons (Fsp3) is 0.600. The molecule has 1 aromatic rings. The Morgan fingerprint density at radius 1 is 1.12 bits per heavy atom. The van der Waals surface area contributed by atoms with Crippen molar-refractivity contribution in [3.05, 3.63) is 29.3 Å². The van der Waals surface area contributed by atoms with E-state index in [1.54, 1.807) is 0 Å². The third kappa shape index (κ3) is 2.78. The van der Waals surface area contributed by atoms with Gasteiger partial charge in [0, 0.05) is 11.7 Å². The largest absolute Gasteiger partial charge is 0.382 e. The molecule has 1 nitrogen and oxygen atoms in total. The maximum absolute atomic E-state index is 3.68. The quantitative estimate of drug-likeness (QED) is 0.779. The van der Waals surface area contributed by atoms with Crippen molar-refractivity contribution in [1.82, 2.24) is 0 Å². The van der Waals surface area contributed by atoms with E-state index in [4.69, 9.17) is 0 Å². The van der Waals surface area contributed by atoms with Crippen LogP contribution in [0.2, 0.25) is 0 Å². The minimum absolute atomic E-state index is 0.524. The number of benzene rings is 1. The summed E-state index contributed by atoms with van der Waals surface area (Å²) in [6.45, 7) is 9.07. The van der Waals surface area contributed by atoms with Gasteiger partial charge in [0.25, 0.3) is 0 Å². The molecule has 16 heavy (non-hydrogen) atoms. The van der Waals surface area contributed by atoms with E-state index in [0.717, 1.165) is 0 Å². The molecule has 0 amide bonds. The van der Waals surface area contributed by atoms with Crippen LogP contribution in [0.1, 0.15) is 44.2 Å². The molecule has 2 rings (SSSR count). The van der Waals surface area contributed by atoms with Crippen molar-refractivity contribution in [2.75, 3.05) is 5.32 Å². The molecule has 1 aliphatic rings. The van der Waals surface area contributed by atoms with Gasteiger partial charge in [-0.1, -0.05) is 19.9 Å². The van der Waals surface area contributed by atoms with E-state index in [-0.39, 0.29) is 0 Å². The molecule has 0 bridgehead atoms. The Morgan fingerprint density at radius 2 is 1.75 bits per heavy atom. The van der Waals surface area contributed by atoms with Gasteiger partial charge >= 0.3 is 0 Å². The summed E-state index contributed by atoms with van der Waals surface area (Å²) in [7, 11) is 0. The first-order valence-electron chi connectivity index (χ1n) is 6.29. The molecule has 1 aromatic carbocycles. The maximum Gasteiger partial charge on any atom is 0.0347 e. The Labute approximate surface area is 99.3 Å². The molecule has 1 aliphatic carbocycles. The first-order chi connectivity index (χ1) is 7.44. The monoisotopic (exact) mass is 217 g/mol. The molecule has 88 valence electrons. The number of rotatable bonds is 2. The zero-order chi connectivity index (χ0) is 11.8. The standard InChI is InChI=1S/C15H23N/c1-11-7-12(2)9-14(8-11)16-13-5-6-15(3,4)10-13/h7-9,13,16H,5-6,10H2,1-4H3. The fourth-order valence-corrected chi connectivity index (χ4v) is 2.85. The van der Waals surface area contributed by atoms with Crippen molar-refractivity contribution in [3.8, 4) is 0 Å². The average molecular weight is 217 g/mol. The average Bonchev–Trinajstić information content (AvgIpc) is 2.43. The summed E-state index contributed by atoms with van der Waals surface area (Å²) in [5, 5.41) is 3.68. The molecule has 0 aliphatic heterocycles. The molecule has 0 aromatic heterocycles. The van der Waals surface area contributed by atoms with Gasteiger partial charge in [-0.3, -0.25) is 0 Å². The van der Waals surface area contributed by atoms with Crippen molar-refractivity contribution in [1.29, 1.82) is 0 Å². The van der Waals surface area contributed by atoms with Gasteiger partial charge in [-0.25, -0.2) is 0 Å². The summed E-state index contributed by atoms with van der Waals surface area (Å²) in [6.07, 6.45) is 3.94. The SMILES string of the molecule is Cc1cc(C)cc(NC2CCC(C)(C)C2)c1. The van der Waals surface area contributed by atoms with E-state index in [1.807, 2.05) is 0 Å². The number of hydrogen-bond donors (Lipinski definition) is 1. The zero-order valence-electron chi connectivity index (χ0n) is 10.9. The molecular weight excluding hydrogens is 194 g/mol. The van der Waals surface area contributed by atoms with Crippen LogP contribution in [0, 0.1) is 19.3 Å². The van der Waals surface area contributed by atoms with Crippen LogP contribution < -0.4 is 5.32 Å². The van der Waals surface area contributed by atoms with E-state index in [0.29, 0.717) is 11.5 Å². The molecule has 1 N–H and O–H groups in total. The van der Waals surface area contributed by atoms with Gasteiger partial charge in [-0.05, 0) is 61.8 Å². The van der Waals surface area contributed by atoms with Crippen molar-refractivity contribution in [3.63, 3.8) is 0 Å². The fourth-order valence-electron chi connectivity index (χ4n) is 2.85. The van der Waals surface area contributed by atoms with Crippen LogP contribution in [-0.2, 0) is 0 Å². The predicted octanol–water partition coefficient (Wildman–Crippen LogP) is 4.29. The van der Waals surface area contributed by atoms with Crippen LogP contribution >= 0.6 is 0 Å². The molecule has 1 atom stereocenters. The topological polar surface area (TPSA) is 12.0 Å². The molecule has 1 heteroatoms. The number of nitrogens with one attached hydrogen (secondary N) is 1. The second-order valence-electron chi connectivity index (χ2n) is 6.12. The summed E-state index contributed by atoms with van der Waals surface area (Å²) in [5.41, 5.74) is 4.51. The zero-order valence-corrected chi connectivity index (χ0v) is 10.9. The predicted molar refractivity (Wildman–Crippen MR) is 71.0 cm³/mol. The second-order valence-corrected chi connectivity index (χ2v) is 6.12. The van der Waals surface area contributed by atoms with Crippen LogP contribution in [0.5, 0.6) is 0 Å². The Bertz CT molecular complexity index is 359. The Kier molecular flexibility index (Phi) is 2.96. The van der Waals surface area contributed by atoms with Gasteiger partial charge in [0.2, 0.25) is 0 Å². The summed E-state index contributed by atoms with van der Waals surface area (Å²) in [5.74, 6) is 0. The van der Waals surface area contributed by atoms with E-state index in [1.165, 1.54) is 36.1 Å². The number of anilines is 1. The summed E-state index contributed by atoms with van der Waals surface area (Å²) in [6, 6.07) is 7.39. The first kappa shape index (κ1) is 11.5. The van der Waals surface area contributed by atoms with Crippen molar-refractivity contribution in [2.24, 2.45) is 5.41 Å². The molecule has 1 fully saturated rings. The lowest BCUT2D eigenvalue weighted by Crippen LogP contribution is -2.17. The van der Waals surface area contributed by atoms with Crippen molar-refractivity contribution >= 4 is 5.69 Å². The highest BCUT2D eigenvalue weighted by atomic mass is 14.9. The van der Waals surface area contributed by atoms with Gasteiger partial charge in [-0.2, -0.15) is 0 Å². The molecule has 0 spiro atoms. The first-order valence-corrected chi connectivity index (χ1v) is 6.29. The molecule has 0 radical (unpaired) electrons. The highest BCUT2D eigenvalue weighted by molar-refractivity contribution is 5.49. The van der Waals surface area contributed by atoms with Gasteiger partial charge < -0.3 is 5.32 Å². The summed E-state index contributed by atoms with van der Waals surface area (Å²) >= 11 is 0. The van der Waals surface area contributed by atoms with E-state index in [9.17, 15) is 0 Å². The normalized spacial score (nSPS) is 23.4. The molecule has 0 saturated heterocycles. The van der Waals surface area contributed by atoms with E-state index < -0.39 is 0 Å². The van der Waals surface area contributed by atoms with Gasteiger partial charge in [0.15, 0.2) is 0 Å². The van der Waals surface area contributed by atoms with E-state index >= 15 is 0 Å². The van der Waals surface area contributed by atoms with Crippen LogP contribution in [0.25, 0.3) is 0 Å². The minimum atomic E-state index is 0.524. The minimum Gasteiger partial charge on any atom is -0.382 e.